The van der Waals surface area contributed by atoms with Crippen LogP contribution < -0.4 is 16.1 Å². The fourth-order valence-corrected chi connectivity index (χ4v) is 8.63. The Morgan fingerprint density at radius 3 is 2.04 bits per heavy atom. The summed E-state index contributed by atoms with van der Waals surface area (Å²) >= 11 is 0. The van der Waals surface area contributed by atoms with Gasteiger partial charge in [0.2, 0.25) is 0 Å². The van der Waals surface area contributed by atoms with E-state index in [9.17, 15) is 5.26 Å². The summed E-state index contributed by atoms with van der Waals surface area (Å²) in [5.41, 5.74) is 5.17. The van der Waals surface area contributed by atoms with Crippen LogP contribution in [0.4, 0.5) is 0 Å². The van der Waals surface area contributed by atoms with Crippen molar-refractivity contribution in [1.29, 1.82) is 5.26 Å². The molecule has 0 saturated carbocycles. The molecule has 1 heterocycles. The van der Waals surface area contributed by atoms with E-state index in [1.54, 1.807) is 0 Å². The molecule has 2 aromatic rings. The number of rotatable bonds is 5. The molecule has 1 fully saturated rings. The zero-order chi connectivity index (χ0) is 20.3. The number of benzene rings is 2. The number of nitrogens with two attached hydrogens (primary N) is 1. The van der Waals surface area contributed by atoms with Gasteiger partial charge in [0, 0.05) is 0 Å². The second kappa shape index (κ2) is 8.18. The third-order valence-electron chi connectivity index (χ3n) is 5.61. The van der Waals surface area contributed by atoms with Gasteiger partial charge in [0.05, 0.1) is 25.4 Å². The fraction of sp³-hybridized carbons (Fsp3) is 0.435. The maximum absolute atomic E-state index is 9.22. The van der Waals surface area contributed by atoms with Gasteiger partial charge in [-0.3, -0.25) is 0 Å². The monoisotopic (exact) mass is 394 g/mol. The van der Waals surface area contributed by atoms with Crippen molar-refractivity contribution in [3.8, 4) is 6.07 Å². The Hall–Kier alpha value is -1.97. The molecule has 2 N–H and O–H groups in total. The Balaban J connectivity index is 1.93. The fourth-order valence-electron chi connectivity index (χ4n) is 4.04. The standard InChI is InChI=1S/C23H30N2O2Si/c1-22(2,3)28(20-10-6-4-7-11-20,21-12-8-5-9-13-21)27-16-19-14-15-23(25,17-24)18-26-19/h4-13,19H,14-16,18,25H2,1-3H3/t19-,23?/m0/s1. The highest BCUT2D eigenvalue weighted by atomic mass is 28.4. The molecule has 148 valence electrons. The van der Waals surface area contributed by atoms with Gasteiger partial charge in [-0.25, -0.2) is 0 Å². The molecule has 4 nitrogen and oxygen atoms in total. The molecule has 1 unspecified atom stereocenters. The van der Waals surface area contributed by atoms with Gasteiger partial charge in [0.25, 0.3) is 8.32 Å². The summed E-state index contributed by atoms with van der Waals surface area (Å²) < 4.78 is 12.8. The van der Waals surface area contributed by atoms with Crippen molar-refractivity contribution < 1.29 is 9.16 Å². The molecule has 1 aliphatic heterocycles. The van der Waals surface area contributed by atoms with Gasteiger partial charge in [-0.15, -0.1) is 0 Å². The van der Waals surface area contributed by atoms with E-state index in [4.69, 9.17) is 14.9 Å². The number of nitriles is 1. The Labute approximate surface area is 169 Å². The van der Waals surface area contributed by atoms with Crippen molar-refractivity contribution in [1.82, 2.24) is 0 Å². The van der Waals surface area contributed by atoms with Crippen LogP contribution in [-0.2, 0) is 9.16 Å². The molecule has 0 radical (unpaired) electrons. The quantitative estimate of drug-likeness (QED) is 0.792. The predicted octanol–water partition coefficient (Wildman–Crippen LogP) is 2.96. The van der Waals surface area contributed by atoms with Crippen LogP contribution in [0.25, 0.3) is 0 Å². The zero-order valence-corrected chi connectivity index (χ0v) is 18.0. The zero-order valence-electron chi connectivity index (χ0n) is 17.0. The lowest BCUT2D eigenvalue weighted by Crippen LogP contribution is -2.67. The van der Waals surface area contributed by atoms with Crippen molar-refractivity contribution in [3.05, 3.63) is 60.7 Å². The largest absolute Gasteiger partial charge is 0.405 e. The number of hydrogen-bond acceptors (Lipinski definition) is 4. The smallest absolute Gasteiger partial charge is 0.261 e. The van der Waals surface area contributed by atoms with Crippen molar-refractivity contribution in [2.75, 3.05) is 13.2 Å². The van der Waals surface area contributed by atoms with Crippen molar-refractivity contribution in [2.24, 2.45) is 5.73 Å². The maximum atomic E-state index is 9.22. The molecule has 0 bridgehead atoms. The average molecular weight is 395 g/mol. The van der Waals surface area contributed by atoms with Gasteiger partial charge in [0.1, 0.15) is 5.54 Å². The van der Waals surface area contributed by atoms with E-state index in [0.29, 0.717) is 13.0 Å². The summed E-state index contributed by atoms with van der Waals surface area (Å²) in [7, 11) is -2.55. The first-order valence-corrected chi connectivity index (χ1v) is 11.8. The number of nitrogens with zero attached hydrogens (tertiary/aromatic N) is 1. The molecule has 5 heteroatoms. The minimum Gasteiger partial charge on any atom is -0.405 e. The molecule has 0 aliphatic carbocycles. The van der Waals surface area contributed by atoms with Gasteiger partial charge < -0.3 is 14.9 Å². The van der Waals surface area contributed by atoms with E-state index in [2.05, 4.69) is 75.4 Å². The lowest BCUT2D eigenvalue weighted by Gasteiger charge is -2.44. The summed E-state index contributed by atoms with van der Waals surface area (Å²) in [4.78, 5) is 0. The van der Waals surface area contributed by atoms with E-state index in [1.807, 2.05) is 12.1 Å². The van der Waals surface area contributed by atoms with Crippen LogP contribution in [0, 0.1) is 11.3 Å². The molecule has 1 aliphatic rings. The summed E-state index contributed by atoms with van der Waals surface area (Å²) in [5, 5.41) is 11.7. The second-order valence-corrected chi connectivity index (χ2v) is 13.0. The van der Waals surface area contributed by atoms with Gasteiger partial charge in [-0.2, -0.15) is 5.26 Å². The van der Waals surface area contributed by atoms with Gasteiger partial charge >= 0.3 is 0 Å². The van der Waals surface area contributed by atoms with Crippen molar-refractivity contribution in [2.45, 2.75) is 50.3 Å². The minimum absolute atomic E-state index is 0.0355. The van der Waals surface area contributed by atoms with Crippen LogP contribution in [-0.4, -0.2) is 33.2 Å². The summed E-state index contributed by atoms with van der Waals surface area (Å²) in [6.07, 6.45) is 1.34. The van der Waals surface area contributed by atoms with Crippen LogP contribution >= 0.6 is 0 Å². The van der Waals surface area contributed by atoms with Crippen LogP contribution in [0.15, 0.2) is 60.7 Å². The average Bonchev–Trinajstić information content (AvgIpc) is 2.70. The minimum atomic E-state index is -2.55. The molecule has 3 rings (SSSR count). The maximum Gasteiger partial charge on any atom is 0.261 e. The van der Waals surface area contributed by atoms with Crippen molar-refractivity contribution in [3.63, 3.8) is 0 Å². The Morgan fingerprint density at radius 1 is 1.11 bits per heavy atom. The van der Waals surface area contributed by atoms with Crippen LogP contribution in [0.1, 0.15) is 33.6 Å². The van der Waals surface area contributed by atoms with E-state index in [0.717, 1.165) is 6.42 Å². The highest BCUT2D eigenvalue weighted by molar-refractivity contribution is 6.99. The van der Waals surface area contributed by atoms with Gasteiger partial charge in [-0.05, 0) is 28.3 Å². The lowest BCUT2D eigenvalue weighted by molar-refractivity contribution is -0.0358. The third kappa shape index (κ3) is 4.06. The first-order valence-electron chi connectivity index (χ1n) is 9.87. The Kier molecular flexibility index (Phi) is 6.06. The number of ether oxygens (including phenoxy) is 1. The van der Waals surface area contributed by atoms with Crippen molar-refractivity contribution >= 4 is 18.7 Å². The highest BCUT2D eigenvalue weighted by Crippen LogP contribution is 2.37. The number of hydrogen-bond donors (Lipinski definition) is 1. The van der Waals surface area contributed by atoms with Crippen LogP contribution in [0.5, 0.6) is 0 Å². The molecular formula is C23H30N2O2Si. The summed E-state index contributed by atoms with van der Waals surface area (Å²) in [6, 6.07) is 23.3. The topological polar surface area (TPSA) is 68.3 Å². The lowest BCUT2D eigenvalue weighted by atomic mass is 9.93. The van der Waals surface area contributed by atoms with Gasteiger partial charge in [0.15, 0.2) is 0 Å². The summed E-state index contributed by atoms with van der Waals surface area (Å²) in [6.45, 7) is 7.57. The second-order valence-electron chi connectivity index (χ2n) is 8.71. The molecule has 0 aromatic heterocycles. The molecule has 0 amide bonds. The van der Waals surface area contributed by atoms with E-state index < -0.39 is 13.9 Å². The molecule has 2 aromatic carbocycles. The van der Waals surface area contributed by atoms with E-state index >= 15 is 0 Å². The first kappa shape index (κ1) is 20.8. The van der Waals surface area contributed by atoms with Crippen LogP contribution in [0.2, 0.25) is 5.04 Å². The normalized spacial score (nSPS) is 23.2. The third-order valence-corrected chi connectivity index (χ3v) is 10.6. The Bertz CT molecular complexity index is 764. The molecule has 1 saturated heterocycles. The highest BCUT2D eigenvalue weighted by Gasteiger charge is 2.50. The van der Waals surface area contributed by atoms with Gasteiger partial charge in [-0.1, -0.05) is 81.4 Å². The first-order chi connectivity index (χ1) is 13.3. The molecular weight excluding hydrogens is 364 g/mol. The molecule has 28 heavy (non-hydrogen) atoms. The molecule has 2 atom stereocenters. The SMILES string of the molecule is CC(C)(C)[Si](OC[C@@H]1CCC(N)(C#N)CO1)(c1ccccc1)c1ccccc1. The van der Waals surface area contributed by atoms with Crippen LogP contribution in [0.3, 0.4) is 0 Å². The summed E-state index contributed by atoms with van der Waals surface area (Å²) in [5.74, 6) is 0. The Morgan fingerprint density at radius 2 is 1.64 bits per heavy atom. The van der Waals surface area contributed by atoms with E-state index in [-0.39, 0.29) is 17.7 Å². The molecule has 0 spiro atoms. The predicted molar refractivity (Wildman–Crippen MR) is 115 cm³/mol. The van der Waals surface area contributed by atoms with E-state index in [1.165, 1.54) is 10.4 Å².